The lowest BCUT2D eigenvalue weighted by atomic mass is 10.2. The molecule has 2 aromatic rings. The number of anilines is 1. The molecule has 5 heteroatoms. The van der Waals surface area contributed by atoms with Crippen LogP contribution in [0.15, 0.2) is 30.3 Å². The zero-order valence-electron chi connectivity index (χ0n) is 9.69. The van der Waals surface area contributed by atoms with E-state index in [0.717, 1.165) is 9.21 Å². The van der Waals surface area contributed by atoms with Crippen molar-refractivity contribution < 1.29 is 9.18 Å². The predicted molar refractivity (Wildman–Crippen MR) is 73.2 cm³/mol. The van der Waals surface area contributed by atoms with E-state index in [2.05, 4.69) is 0 Å². The van der Waals surface area contributed by atoms with Gasteiger partial charge in [-0.3, -0.25) is 4.79 Å². The number of nitrogens with zero attached hydrogens (tertiary/aromatic N) is 1. The van der Waals surface area contributed by atoms with Gasteiger partial charge in [0.05, 0.1) is 10.9 Å². The Morgan fingerprint density at radius 3 is 2.78 bits per heavy atom. The highest BCUT2D eigenvalue weighted by Crippen LogP contribution is 2.25. The third kappa shape index (κ3) is 3.09. The number of rotatable bonds is 4. The Balaban J connectivity index is 2.20. The highest BCUT2D eigenvalue weighted by Gasteiger charge is 2.07. The molecule has 0 spiro atoms. The molecule has 0 fully saturated rings. The van der Waals surface area contributed by atoms with E-state index in [1.165, 1.54) is 23.5 Å². The number of carbonyl (C=O) groups excluding carboxylic acids is 1. The summed E-state index contributed by atoms with van der Waals surface area (Å²) < 4.78 is 14.0. The number of carbonyl (C=O) groups is 1. The van der Waals surface area contributed by atoms with Crippen LogP contribution >= 0.6 is 22.9 Å². The molecule has 18 heavy (non-hydrogen) atoms. The van der Waals surface area contributed by atoms with E-state index >= 15 is 0 Å². The fourth-order valence-electron chi connectivity index (χ4n) is 1.65. The molecule has 94 valence electrons. The van der Waals surface area contributed by atoms with Crippen LogP contribution in [0.3, 0.4) is 0 Å². The zero-order valence-corrected chi connectivity index (χ0v) is 11.3. The van der Waals surface area contributed by atoms with Crippen molar-refractivity contribution in [3.63, 3.8) is 0 Å². The van der Waals surface area contributed by atoms with Crippen LogP contribution in [0.4, 0.5) is 10.1 Å². The molecule has 1 aromatic heterocycles. The van der Waals surface area contributed by atoms with Crippen molar-refractivity contribution in [1.82, 2.24) is 0 Å². The molecule has 0 atom stereocenters. The first kappa shape index (κ1) is 13.1. The Morgan fingerprint density at radius 1 is 1.39 bits per heavy atom. The molecule has 0 aliphatic heterocycles. The quantitative estimate of drug-likeness (QED) is 0.791. The van der Waals surface area contributed by atoms with Gasteiger partial charge in [-0.1, -0.05) is 11.6 Å². The van der Waals surface area contributed by atoms with Gasteiger partial charge in [-0.25, -0.2) is 4.39 Å². The van der Waals surface area contributed by atoms with Crippen LogP contribution in [0.5, 0.6) is 0 Å². The average Bonchev–Trinajstić information content (AvgIpc) is 2.73. The summed E-state index contributed by atoms with van der Waals surface area (Å²) in [6, 6.07) is 8.04. The standard InChI is InChI=1S/C13H11ClFNOS/c1-16(7-12-2-3-13(14)18-12)11-5-9(8-17)4-10(15)6-11/h2-6,8H,7H2,1H3. The molecular formula is C13H11ClFNOS. The molecule has 0 radical (unpaired) electrons. The van der Waals surface area contributed by atoms with Crippen molar-refractivity contribution in [2.75, 3.05) is 11.9 Å². The van der Waals surface area contributed by atoms with E-state index in [1.807, 2.05) is 24.1 Å². The molecule has 0 saturated heterocycles. The van der Waals surface area contributed by atoms with Crippen molar-refractivity contribution in [3.05, 3.63) is 50.9 Å². The Kier molecular flexibility index (Phi) is 3.99. The third-order valence-electron chi connectivity index (χ3n) is 2.50. The summed E-state index contributed by atoms with van der Waals surface area (Å²) in [5.41, 5.74) is 1.00. The molecule has 0 aliphatic carbocycles. The minimum atomic E-state index is -0.411. The van der Waals surface area contributed by atoms with Crippen LogP contribution in [0.25, 0.3) is 0 Å². The summed E-state index contributed by atoms with van der Waals surface area (Å²) in [5.74, 6) is -0.411. The van der Waals surface area contributed by atoms with Crippen LogP contribution < -0.4 is 4.90 Å². The summed E-state index contributed by atoms with van der Waals surface area (Å²) in [7, 11) is 1.84. The van der Waals surface area contributed by atoms with E-state index in [9.17, 15) is 9.18 Å². The van der Waals surface area contributed by atoms with Crippen LogP contribution in [0.2, 0.25) is 4.34 Å². The Bertz CT molecular complexity index is 570. The lowest BCUT2D eigenvalue weighted by molar-refractivity contribution is 0.112. The van der Waals surface area contributed by atoms with Crippen molar-refractivity contribution in [2.24, 2.45) is 0 Å². The lowest BCUT2D eigenvalue weighted by Crippen LogP contribution is -2.16. The van der Waals surface area contributed by atoms with Crippen molar-refractivity contribution in [2.45, 2.75) is 6.54 Å². The molecule has 0 N–H and O–H groups in total. The van der Waals surface area contributed by atoms with Crippen LogP contribution in [0.1, 0.15) is 15.2 Å². The smallest absolute Gasteiger partial charge is 0.150 e. The Morgan fingerprint density at radius 2 is 2.17 bits per heavy atom. The lowest BCUT2D eigenvalue weighted by Gasteiger charge is -2.18. The second-order valence-corrected chi connectivity index (χ2v) is 5.72. The minimum Gasteiger partial charge on any atom is -0.369 e. The first-order chi connectivity index (χ1) is 8.58. The van der Waals surface area contributed by atoms with Gasteiger partial charge >= 0.3 is 0 Å². The fourth-order valence-corrected chi connectivity index (χ4v) is 2.79. The maximum atomic E-state index is 13.3. The van der Waals surface area contributed by atoms with E-state index in [0.29, 0.717) is 24.1 Å². The average molecular weight is 284 g/mol. The van der Waals surface area contributed by atoms with Gasteiger partial charge in [0.2, 0.25) is 0 Å². The summed E-state index contributed by atoms with van der Waals surface area (Å²) >= 11 is 7.34. The van der Waals surface area contributed by atoms with Crippen molar-refractivity contribution >= 4 is 34.9 Å². The maximum Gasteiger partial charge on any atom is 0.150 e. The molecule has 2 nitrogen and oxygen atoms in total. The van der Waals surface area contributed by atoms with Gasteiger partial charge in [-0.05, 0) is 30.3 Å². The summed E-state index contributed by atoms with van der Waals surface area (Å²) in [6.07, 6.45) is 0.641. The summed E-state index contributed by atoms with van der Waals surface area (Å²) in [6.45, 7) is 0.624. The highest BCUT2D eigenvalue weighted by atomic mass is 35.5. The van der Waals surface area contributed by atoms with Crippen molar-refractivity contribution in [3.8, 4) is 0 Å². The number of hydrogen-bond acceptors (Lipinski definition) is 3. The first-order valence-corrected chi connectivity index (χ1v) is 6.49. The van der Waals surface area contributed by atoms with Crippen LogP contribution in [-0.4, -0.2) is 13.3 Å². The van der Waals surface area contributed by atoms with Crippen LogP contribution in [0, 0.1) is 5.82 Å². The third-order valence-corrected chi connectivity index (χ3v) is 3.72. The van der Waals surface area contributed by atoms with E-state index in [4.69, 9.17) is 11.6 Å². The topological polar surface area (TPSA) is 20.3 Å². The van der Waals surface area contributed by atoms with Gasteiger partial charge in [0.15, 0.2) is 0 Å². The molecular weight excluding hydrogens is 273 g/mol. The zero-order chi connectivity index (χ0) is 13.1. The maximum absolute atomic E-state index is 13.3. The minimum absolute atomic E-state index is 0.334. The Hall–Kier alpha value is -1.39. The number of halogens is 2. The summed E-state index contributed by atoms with van der Waals surface area (Å²) in [5, 5.41) is 0. The largest absolute Gasteiger partial charge is 0.369 e. The predicted octanol–water partition coefficient (Wildman–Crippen LogP) is 3.99. The molecule has 1 aromatic carbocycles. The molecule has 0 bridgehead atoms. The fraction of sp³-hybridized carbons (Fsp3) is 0.154. The number of hydrogen-bond donors (Lipinski definition) is 0. The van der Waals surface area contributed by atoms with Gasteiger partial charge in [-0.2, -0.15) is 0 Å². The normalized spacial score (nSPS) is 10.4. The Labute approximate surface area is 114 Å². The number of aldehydes is 1. The van der Waals surface area contributed by atoms with Gasteiger partial charge in [0, 0.05) is 23.2 Å². The second-order valence-electron chi connectivity index (χ2n) is 3.92. The van der Waals surface area contributed by atoms with E-state index in [-0.39, 0.29) is 0 Å². The van der Waals surface area contributed by atoms with E-state index in [1.54, 1.807) is 6.07 Å². The van der Waals surface area contributed by atoms with Gasteiger partial charge < -0.3 is 4.90 Å². The highest BCUT2D eigenvalue weighted by molar-refractivity contribution is 7.16. The molecule has 0 aliphatic rings. The van der Waals surface area contributed by atoms with Gasteiger partial charge in [-0.15, -0.1) is 11.3 Å². The van der Waals surface area contributed by atoms with Gasteiger partial charge in [0.1, 0.15) is 12.1 Å². The molecule has 0 saturated carbocycles. The number of thiophene rings is 1. The van der Waals surface area contributed by atoms with Gasteiger partial charge in [0.25, 0.3) is 0 Å². The SMILES string of the molecule is CN(Cc1ccc(Cl)s1)c1cc(F)cc(C=O)c1. The van der Waals surface area contributed by atoms with E-state index < -0.39 is 5.82 Å². The molecule has 1 heterocycles. The number of benzene rings is 1. The van der Waals surface area contributed by atoms with Crippen LogP contribution in [-0.2, 0) is 6.54 Å². The first-order valence-electron chi connectivity index (χ1n) is 5.29. The summed E-state index contributed by atoms with van der Waals surface area (Å²) in [4.78, 5) is 13.7. The molecule has 0 amide bonds. The second kappa shape index (κ2) is 5.50. The molecule has 0 unspecified atom stereocenters. The van der Waals surface area contributed by atoms with Crippen molar-refractivity contribution in [1.29, 1.82) is 0 Å². The molecule has 2 rings (SSSR count). The monoisotopic (exact) mass is 283 g/mol.